The van der Waals surface area contributed by atoms with Crippen molar-refractivity contribution in [2.45, 2.75) is 45.7 Å². The molecular weight excluding hydrogens is 250 g/mol. The second kappa shape index (κ2) is 6.70. The van der Waals surface area contributed by atoms with Crippen molar-refractivity contribution < 1.29 is 0 Å². The second-order valence-electron chi connectivity index (χ2n) is 5.29. The molecule has 0 spiro atoms. The van der Waals surface area contributed by atoms with Crippen molar-refractivity contribution in [1.82, 2.24) is 24.6 Å². The van der Waals surface area contributed by atoms with Crippen molar-refractivity contribution in [2.24, 2.45) is 7.05 Å². The molecule has 0 aliphatic heterocycles. The first-order valence-corrected chi connectivity index (χ1v) is 7.39. The Bertz CT molecular complexity index is 528. The number of rotatable bonds is 7. The lowest BCUT2D eigenvalue weighted by molar-refractivity contribution is 0.464. The molecule has 0 saturated carbocycles. The summed E-state index contributed by atoms with van der Waals surface area (Å²) in [4.78, 5) is 4.21. The molecule has 110 valence electrons. The fourth-order valence-electron chi connectivity index (χ4n) is 2.36. The van der Waals surface area contributed by atoms with Gasteiger partial charge in [-0.05, 0) is 26.0 Å². The first-order valence-electron chi connectivity index (χ1n) is 7.39. The SMILES string of the molecule is CCNC(Cc1ccn(C(C)CC)n1)c1cncn1C. The number of nitrogens with one attached hydrogen (secondary N) is 1. The highest BCUT2D eigenvalue weighted by Gasteiger charge is 2.16. The van der Waals surface area contributed by atoms with E-state index in [-0.39, 0.29) is 6.04 Å². The number of aromatic nitrogens is 4. The zero-order valence-corrected chi connectivity index (χ0v) is 12.9. The molecular formula is C15H25N5. The second-order valence-corrected chi connectivity index (χ2v) is 5.29. The van der Waals surface area contributed by atoms with Crippen LogP contribution in [0, 0.1) is 0 Å². The zero-order chi connectivity index (χ0) is 14.5. The Balaban J connectivity index is 2.12. The third-order valence-corrected chi connectivity index (χ3v) is 3.78. The summed E-state index contributed by atoms with van der Waals surface area (Å²) in [5.74, 6) is 0. The number of nitrogens with zero attached hydrogens (tertiary/aromatic N) is 4. The molecule has 20 heavy (non-hydrogen) atoms. The average Bonchev–Trinajstić information content (AvgIpc) is 3.06. The van der Waals surface area contributed by atoms with Crippen LogP contribution in [0.5, 0.6) is 0 Å². The Labute approximate surface area is 121 Å². The largest absolute Gasteiger partial charge is 0.336 e. The van der Waals surface area contributed by atoms with Gasteiger partial charge >= 0.3 is 0 Å². The van der Waals surface area contributed by atoms with Crippen molar-refractivity contribution in [3.63, 3.8) is 0 Å². The Kier molecular flexibility index (Phi) is 4.95. The Hall–Kier alpha value is -1.62. The van der Waals surface area contributed by atoms with Crippen LogP contribution in [0.2, 0.25) is 0 Å². The van der Waals surface area contributed by atoms with Gasteiger partial charge in [0.05, 0.1) is 23.8 Å². The summed E-state index contributed by atoms with van der Waals surface area (Å²) in [6.07, 6.45) is 7.84. The molecule has 0 amide bonds. The van der Waals surface area contributed by atoms with E-state index in [1.54, 1.807) is 0 Å². The van der Waals surface area contributed by atoms with E-state index in [1.807, 2.05) is 19.6 Å². The summed E-state index contributed by atoms with van der Waals surface area (Å²) in [6.45, 7) is 7.44. The van der Waals surface area contributed by atoms with Gasteiger partial charge in [0.15, 0.2) is 0 Å². The maximum absolute atomic E-state index is 4.69. The molecule has 0 aromatic carbocycles. The smallest absolute Gasteiger partial charge is 0.0946 e. The molecule has 1 N–H and O–H groups in total. The van der Waals surface area contributed by atoms with Gasteiger partial charge in [-0.1, -0.05) is 13.8 Å². The molecule has 5 nitrogen and oxygen atoms in total. The molecule has 2 aromatic heterocycles. The lowest BCUT2D eigenvalue weighted by Crippen LogP contribution is -2.25. The number of aryl methyl sites for hydroxylation is 1. The number of hydrogen-bond donors (Lipinski definition) is 1. The van der Waals surface area contributed by atoms with Crippen molar-refractivity contribution in [3.05, 3.63) is 36.2 Å². The minimum Gasteiger partial charge on any atom is -0.336 e. The van der Waals surface area contributed by atoms with Gasteiger partial charge in [0, 0.05) is 31.9 Å². The molecule has 2 rings (SSSR count). The Morgan fingerprint density at radius 1 is 1.35 bits per heavy atom. The molecule has 0 fully saturated rings. The highest BCUT2D eigenvalue weighted by molar-refractivity contribution is 5.11. The number of imidazole rings is 1. The molecule has 2 unspecified atom stereocenters. The number of hydrogen-bond acceptors (Lipinski definition) is 3. The Morgan fingerprint density at radius 2 is 2.15 bits per heavy atom. The summed E-state index contributed by atoms with van der Waals surface area (Å²) in [7, 11) is 2.03. The summed E-state index contributed by atoms with van der Waals surface area (Å²) in [5, 5.41) is 8.21. The van der Waals surface area contributed by atoms with Crippen LogP contribution in [0.4, 0.5) is 0 Å². The van der Waals surface area contributed by atoms with Crippen LogP contribution in [0.1, 0.15) is 50.7 Å². The number of likely N-dealkylation sites (N-methyl/N-ethyl adjacent to an activating group) is 1. The van der Waals surface area contributed by atoms with Crippen molar-refractivity contribution in [1.29, 1.82) is 0 Å². The van der Waals surface area contributed by atoms with E-state index in [1.165, 1.54) is 5.69 Å². The normalized spacial score (nSPS) is 14.4. The molecule has 2 atom stereocenters. The molecule has 0 aliphatic rings. The maximum atomic E-state index is 4.69. The van der Waals surface area contributed by atoms with E-state index < -0.39 is 0 Å². The zero-order valence-electron chi connectivity index (χ0n) is 12.9. The van der Waals surface area contributed by atoms with Gasteiger partial charge in [0.25, 0.3) is 0 Å². The molecule has 2 heterocycles. The lowest BCUT2D eigenvalue weighted by Gasteiger charge is -2.17. The highest BCUT2D eigenvalue weighted by atomic mass is 15.3. The predicted octanol–water partition coefficient (Wildman–Crippen LogP) is 2.48. The summed E-state index contributed by atoms with van der Waals surface area (Å²) < 4.78 is 4.13. The quantitative estimate of drug-likeness (QED) is 0.844. The molecule has 2 aromatic rings. The van der Waals surface area contributed by atoms with Crippen LogP contribution in [0.3, 0.4) is 0 Å². The predicted molar refractivity (Wildman–Crippen MR) is 80.6 cm³/mol. The fraction of sp³-hybridized carbons (Fsp3) is 0.600. The van der Waals surface area contributed by atoms with Gasteiger partial charge < -0.3 is 9.88 Å². The summed E-state index contributed by atoms with van der Waals surface area (Å²) in [5.41, 5.74) is 2.32. The fourth-order valence-corrected chi connectivity index (χ4v) is 2.36. The van der Waals surface area contributed by atoms with Crippen LogP contribution < -0.4 is 5.32 Å². The van der Waals surface area contributed by atoms with E-state index >= 15 is 0 Å². The van der Waals surface area contributed by atoms with Crippen molar-refractivity contribution in [2.75, 3.05) is 6.54 Å². The van der Waals surface area contributed by atoms with E-state index in [0.29, 0.717) is 6.04 Å². The van der Waals surface area contributed by atoms with Gasteiger partial charge in [0.1, 0.15) is 0 Å². The van der Waals surface area contributed by atoms with Crippen LogP contribution in [0.15, 0.2) is 24.8 Å². The maximum Gasteiger partial charge on any atom is 0.0946 e. The molecule has 0 radical (unpaired) electrons. The first-order chi connectivity index (χ1) is 9.65. The first kappa shape index (κ1) is 14.8. The van der Waals surface area contributed by atoms with Gasteiger partial charge in [-0.25, -0.2) is 4.98 Å². The van der Waals surface area contributed by atoms with E-state index in [9.17, 15) is 0 Å². The standard InChI is InChI=1S/C15H25N5/c1-5-12(3)20-8-7-13(18-20)9-14(17-6-2)15-10-16-11-19(15)4/h7-8,10-12,14,17H,5-6,9H2,1-4H3. The molecule has 0 saturated heterocycles. The van der Waals surface area contributed by atoms with E-state index in [2.05, 4.69) is 57.7 Å². The summed E-state index contributed by atoms with van der Waals surface area (Å²) in [6, 6.07) is 2.83. The molecule has 5 heteroatoms. The minimum atomic E-state index is 0.257. The molecule has 0 bridgehead atoms. The van der Waals surface area contributed by atoms with Gasteiger partial charge in [-0.15, -0.1) is 0 Å². The van der Waals surface area contributed by atoms with Crippen LogP contribution in [-0.2, 0) is 13.5 Å². The van der Waals surface area contributed by atoms with Crippen LogP contribution in [0.25, 0.3) is 0 Å². The summed E-state index contributed by atoms with van der Waals surface area (Å²) >= 11 is 0. The lowest BCUT2D eigenvalue weighted by atomic mass is 10.1. The topological polar surface area (TPSA) is 47.7 Å². The van der Waals surface area contributed by atoms with Crippen molar-refractivity contribution >= 4 is 0 Å². The van der Waals surface area contributed by atoms with E-state index in [0.717, 1.165) is 25.1 Å². The Morgan fingerprint density at radius 3 is 2.75 bits per heavy atom. The minimum absolute atomic E-state index is 0.257. The van der Waals surface area contributed by atoms with Crippen molar-refractivity contribution in [3.8, 4) is 0 Å². The third-order valence-electron chi connectivity index (χ3n) is 3.78. The van der Waals surface area contributed by atoms with E-state index in [4.69, 9.17) is 0 Å². The molecule has 0 aliphatic carbocycles. The van der Waals surface area contributed by atoms with Crippen LogP contribution in [-0.4, -0.2) is 25.9 Å². The van der Waals surface area contributed by atoms with Crippen LogP contribution >= 0.6 is 0 Å². The third kappa shape index (κ3) is 3.28. The van der Waals surface area contributed by atoms with Gasteiger partial charge in [0.2, 0.25) is 0 Å². The monoisotopic (exact) mass is 275 g/mol. The van der Waals surface area contributed by atoms with Gasteiger partial charge in [-0.2, -0.15) is 5.10 Å². The van der Waals surface area contributed by atoms with Gasteiger partial charge in [-0.3, -0.25) is 4.68 Å². The average molecular weight is 275 g/mol. The highest BCUT2D eigenvalue weighted by Crippen LogP contribution is 2.18.